The first kappa shape index (κ1) is 12.4. The molecule has 3 heteroatoms. The van der Waals surface area contributed by atoms with Crippen LogP contribution in [0.2, 0.25) is 0 Å². The summed E-state index contributed by atoms with van der Waals surface area (Å²) in [7, 11) is 0. The van der Waals surface area contributed by atoms with Crippen LogP contribution in [0.3, 0.4) is 0 Å². The number of carbonyl (C=O) groups excluding carboxylic acids is 1. The highest BCUT2D eigenvalue weighted by Gasteiger charge is 2.15. The molecule has 0 saturated carbocycles. The highest BCUT2D eigenvalue weighted by Crippen LogP contribution is 2.10. The monoisotopic (exact) mass is 219 g/mol. The molecule has 86 valence electrons. The largest absolute Gasteiger partial charge is 0.411 e. The smallest absolute Gasteiger partial charge is 0.141 e. The van der Waals surface area contributed by atoms with E-state index < -0.39 is 0 Å². The quantitative estimate of drug-likeness (QED) is 0.470. The third-order valence-electron chi connectivity index (χ3n) is 2.73. The number of Topliss-reactive ketones (excluding diaryl/α,β-unsaturated/α-hetero) is 1. The Balaban J connectivity index is 2.75. The highest BCUT2D eigenvalue weighted by atomic mass is 16.4. The zero-order chi connectivity index (χ0) is 12.0. The predicted octanol–water partition coefficient (Wildman–Crippen LogP) is 2.87. The van der Waals surface area contributed by atoms with Crippen LogP contribution < -0.4 is 0 Å². The molecule has 0 aromatic heterocycles. The molecule has 1 unspecified atom stereocenters. The van der Waals surface area contributed by atoms with Crippen LogP contribution in [-0.2, 0) is 4.79 Å². The fourth-order valence-electron chi connectivity index (χ4n) is 1.39. The van der Waals surface area contributed by atoms with Crippen molar-refractivity contribution in [2.24, 2.45) is 11.1 Å². The minimum absolute atomic E-state index is 0.0143. The molecule has 1 atom stereocenters. The molecule has 0 aliphatic carbocycles. The molecule has 1 aromatic rings. The van der Waals surface area contributed by atoms with Crippen molar-refractivity contribution in [2.75, 3.05) is 0 Å². The van der Waals surface area contributed by atoms with E-state index in [1.54, 1.807) is 0 Å². The van der Waals surface area contributed by atoms with Gasteiger partial charge in [-0.1, -0.05) is 49.3 Å². The van der Waals surface area contributed by atoms with Crippen molar-refractivity contribution in [1.82, 2.24) is 0 Å². The van der Waals surface area contributed by atoms with Crippen molar-refractivity contribution in [3.05, 3.63) is 35.9 Å². The predicted molar refractivity (Wildman–Crippen MR) is 63.8 cm³/mol. The Morgan fingerprint density at radius 2 is 2.00 bits per heavy atom. The molecular weight excluding hydrogens is 202 g/mol. The Morgan fingerprint density at radius 1 is 1.38 bits per heavy atom. The highest BCUT2D eigenvalue weighted by molar-refractivity contribution is 6.11. The first-order valence-electron chi connectivity index (χ1n) is 5.48. The van der Waals surface area contributed by atoms with Gasteiger partial charge in [-0.2, -0.15) is 0 Å². The fourth-order valence-corrected chi connectivity index (χ4v) is 1.39. The number of carbonyl (C=O) groups is 1. The fraction of sp³-hybridized carbons (Fsp3) is 0.385. The maximum absolute atomic E-state index is 11.7. The molecular formula is C13H17NO2. The summed E-state index contributed by atoms with van der Waals surface area (Å²) in [5, 5.41) is 12.1. The van der Waals surface area contributed by atoms with Gasteiger partial charge >= 0.3 is 0 Å². The van der Waals surface area contributed by atoms with E-state index in [0.717, 1.165) is 12.0 Å². The molecule has 0 spiro atoms. The average Bonchev–Trinajstić information content (AvgIpc) is 2.35. The number of benzene rings is 1. The summed E-state index contributed by atoms with van der Waals surface area (Å²) in [6, 6.07) is 9.26. The molecule has 0 radical (unpaired) electrons. The Morgan fingerprint density at radius 3 is 2.50 bits per heavy atom. The van der Waals surface area contributed by atoms with Crippen LogP contribution in [0.15, 0.2) is 35.5 Å². The third-order valence-corrected chi connectivity index (χ3v) is 2.73. The first-order valence-corrected chi connectivity index (χ1v) is 5.48. The van der Waals surface area contributed by atoms with E-state index in [0.29, 0.717) is 5.71 Å². The molecule has 0 bridgehead atoms. The lowest BCUT2D eigenvalue weighted by Gasteiger charge is -2.08. The summed E-state index contributed by atoms with van der Waals surface area (Å²) in [5.74, 6) is 0.125. The molecule has 1 rings (SSSR count). The van der Waals surface area contributed by atoms with E-state index in [9.17, 15) is 4.79 Å². The third kappa shape index (κ3) is 3.19. The van der Waals surface area contributed by atoms with Crippen molar-refractivity contribution in [1.29, 1.82) is 0 Å². The van der Waals surface area contributed by atoms with Gasteiger partial charge in [-0.25, -0.2) is 0 Å². The summed E-state index contributed by atoms with van der Waals surface area (Å²) in [5.41, 5.74) is 1.23. The molecule has 0 aliphatic rings. The zero-order valence-corrected chi connectivity index (χ0v) is 9.68. The van der Waals surface area contributed by atoms with E-state index in [1.165, 1.54) is 0 Å². The molecule has 16 heavy (non-hydrogen) atoms. The van der Waals surface area contributed by atoms with Crippen LogP contribution in [0, 0.1) is 5.92 Å². The van der Waals surface area contributed by atoms with Gasteiger partial charge in [0.25, 0.3) is 0 Å². The van der Waals surface area contributed by atoms with Crippen molar-refractivity contribution >= 4 is 11.5 Å². The summed E-state index contributed by atoms with van der Waals surface area (Å²) in [6.45, 7) is 3.86. The van der Waals surface area contributed by atoms with Crippen molar-refractivity contribution in [3.8, 4) is 0 Å². The van der Waals surface area contributed by atoms with Gasteiger partial charge in [0.15, 0.2) is 0 Å². The molecule has 0 aliphatic heterocycles. The second-order valence-electron chi connectivity index (χ2n) is 3.87. The Hall–Kier alpha value is -1.64. The van der Waals surface area contributed by atoms with Gasteiger partial charge in [0.2, 0.25) is 0 Å². The zero-order valence-electron chi connectivity index (χ0n) is 9.68. The van der Waals surface area contributed by atoms with Crippen LogP contribution in [-0.4, -0.2) is 16.7 Å². The second-order valence-corrected chi connectivity index (χ2v) is 3.87. The minimum Gasteiger partial charge on any atom is -0.411 e. The number of nitrogens with zero attached hydrogens (tertiary/aromatic N) is 1. The summed E-state index contributed by atoms with van der Waals surface area (Å²) in [6.07, 6.45) is 1.00. The number of hydrogen-bond acceptors (Lipinski definition) is 3. The molecule has 0 heterocycles. The van der Waals surface area contributed by atoms with Gasteiger partial charge in [0.05, 0.1) is 12.1 Å². The summed E-state index contributed by atoms with van der Waals surface area (Å²) in [4.78, 5) is 11.7. The maximum atomic E-state index is 11.7. The molecule has 0 saturated heterocycles. The lowest BCUT2D eigenvalue weighted by Crippen LogP contribution is -2.15. The Labute approximate surface area is 95.8 Å². The number of hydrogen-bond donors (Lipinski definition) is 1. The SMILES string of the molecule is CCC(C)C(=O)C/C(=N\O)c1ccccc1. The van der Waals surface area contributed by atoms with E-state index >= 15 is 0 Å². The van der Waals surface area contributed by atoms with Crippen LogP contribution in [0.5, 0.6) is 0 Å². The van der Waals surface area contributed by atoms with Crippen molar-refractivity contribution in [3.63, 3.8) is 0 Å². The lowest BCUT2D eigenvalue weighted by molar-refractivity contribution is -0.121. The van der Waals surface area contributed by atoms with E-state index in [-0.39, 0.29) is 18.1 Å². The first-order chi connectivity index (χ1) is 7.69. The van der Waals surface area contributed by atoms with Crippen LogP contribution >= 0.6 is 0 Å². The van der Waals surface area contributed by atoms with Crippen LogP contribution in [0.1, 0.15) is 32.3 Å². The topological polar surface area (TPSA) is 49.7 Å². The van der Waals surface area contributed by atoms with Crippen LogP contribution in [0.4, 0.5) is 0 Å². The lowest BCUT2D eigenvalue weighted by atomic mass is 9.96. The van der Waals surface area contributed by atoms with Crippen molar-refractivity contribution in [2.45, 2.75) is 26.7 Å². The molecule has 3 nitrogen and oxygen atoms in total. The van der Waals surface area contributed by atoms with Gasteiger partial charge < -0.3 is 5.21 Å². The number of oxime groups is 1. The van der Waals surface area contributed by atoms with Crippen LogP contribution in [0.25, 0.3) is 0 Å². The Bertz CT molecular complexity index is 371. The number of ketones is 1. The van der Waals surface area contributed by atoms with E-state index in [4.69, 9.17) is 5.21 Å². The van der Waals surface area contributed by atoms with E-state index in [1.807, 2.05) is 44.2 Å². The summed E-state index contributed by atoms with van der Waals surface area (Å²) < 4.78 is 0. The molecule has 1 N–H and O–H groups in total. The van der Waals surface area contributed by atoms with E-state index in [2.05, 4.69) is 5.16 Å². The second kappa shape index (κ2) is 6.05. The number of rotatable bonds is 5. The standard InChI is InChI=1S/C13H17NO2/c1-3-10(2)13(15)9-12(14-16)11-7-5-4-6-8-11/h4-8,10,16H,3,9H2,1-2H3/b14-12+. The van der Waals surface area contributed by atoms with Gasteiger partial charge in [-0.3, -0.25) is 4.79 Å². The van der Waals surface area contributed by atoms with Gasteiger partial charge in [0, 0.05) is 5.92 Å². The molecule has 1 aromatic carbocycles. The van der Waals surface area contributed by atoms with Gasteiger partial charge in [-0.05, 0) is 12.0 Å². The normalized spacial score (nSPS) is 13.5. The van der Waals surface area contributed by atoms with Gasteiger partial charge in [0.1, 0.15) is 5.78 Å². The molecule has 0 amide bonds. The van der Waals surface area contributed by atoms with Crippen molar-refractivity contribution < 1.29 is 10.0 Å². The average molecular weight is 219 g/mol. The molecule has 0 fully saturated rings. The summed E-state index contributed by atoms with van der Waals surface area (Å²) >= 11 is 0. The minimum atomic E-state index is 0.0143. The Kier molecular flexibility index (Phi) is 4.70. The van der Waals surface area contributed by atoms with Gasteiger partial charge in [-0.15, -0.1) is 0 Å². The maximum Gasteiger partial charge on any atom is 0.141 e.